The molecule has 2 saturated heterocycles. The first-order valence-corrected chi connectivity index (χ1v) is 7.59. The Labute approximate surface area is 124 Å². The van der Waals surface area contributed by atoms with Crippen LogP contribution in [-0.4, -0.2) is 50.1 Å². The molecule has 3 rings (SSSR count). The standard InChI is InChI=1S/C15H20ClN3O/c16-13-1-3-14(4-2-13)18-5-7-19(8-6-18)15(20)9-12-10-17-11-12/h1-4,12,17H,5-11H2. The smallest absolute Gasteiger partial charge is 0.223 e. The number of rotatable bonds is 3. The Morgan fingerprint density at radius 2 is 1.80 bits per heavy atom. The van der Waals surface area contributed by atoms with E-state index in [2.05, 4.69) is 10.2 Å². The van der Waals surface area contributed by atoms with Crippen molar-refractivity contribution < 1.29 is 4.79 Å². The molecule has 0 aromatic heterocycles. The van der Waals surface area contributed by atoms with Gasteiger partial charge in [-0.3, -0.25) is 4.79 Å². The minimum Gasteiger partial charge on any atom is -0.368 e. The Kier molecular flexibility index (Phi) is 4.13. The van der Waals surface area contributed by atoms with E-state index < -0.39 is 0 Å². The molecular formula is C15H20ClN3O. The molecule has 20 heavy (non-hydrogen) atoms. The maximum absolute atomic E-state index is 12.2. The summed E-state index contributed by atoms with van der Waals surface area (Å²) in [5.41, 5.74) is 1.18. The van der Waals surface area contributed by atoms with Crippen LogP contribution >= 0.6 is 11.6 Å². The van der Waals surface area contributed by atoms with Crippen LogP contribution in [0.5, 0.6) is 0 Å². The van der Waals surface area contributed by atoms with Crippen molar-refractivity contribution in [3.8, 4) is 0 Å². The van der Waals surface area contributed by atoms with Crippen molar-refractivity contribution in [1.82, 2.24) is 10.2 Å². The van der Waals surface area contributed by atoms with Crippen molar-refractivity contribution in [3.63, 3.8) is 0 Å². The summed E-state index contributed by atoms with van der Waals surface area (Å²) in [6, 6.07) is 7.91. The summed E-state index contributed by atoms with van der Waals surface area (Å²) in [7, 11) is 0. The van der Waals surface area contributed by atoms with Crippen LogP contribution in [0.3, 0.4) is 0 Å². The first-order chi connectivity index (χ1) is 9.72. The molecule has 1 N–H and O–H groups in total. The minimum atomic E-state index is 0.312. The van der Waals surface area contributed by atoms with Crippen LogP contribution in [0.15, 0.2) is 24.3 Å². The third kappa shape index (κ3) is 3.07. The monoisotopic (exact) mass is 293 g/mol. The molecule has 0 bridgehead atoms. The summed E-state index contributed by atoms with van der Waals surface area (Å²) in [5, 5.41) is 3.97. The highest BCUT2D eigenvalue weighted by Gasteiger charge is 2.26. The lowest BCUT2D eigenvalue weighted by molar-refractivity contribution is -0.132. The fraction of sp³-hybridized carbons (Fsp3) is 0.533. The number of carbonyl (C=O) groups is 1. The first-order valence-electron chi connectivity index (χ1n) is 7.21. The maximum Gasteiger partial charge on any atom is 0.223 e. The molecule has 0 spiro atoms. The van der Waals surface area contributed by atoms with E-state index in [0.29, 0.717) is 18.2 Å². The molecule has 0 radical (unpaired) electrons. The van der Waals surface area contributed by atoms with Gasteiger partial charge in [-0.2, -0.15) is 0 Å². The molecule has 0 unspecified atom stereocenters. The summed E-state index contributed by atoms with van der Waals surface area (Å²) in [6.45, 7) is 5.43. The molecule has 2 fully saturated rings. The van der Waals surface area contributed by atoms with Gasteiger partial charge in [0.2, 0.25) is 5.91 Å². The molecule has 1 amide bonds. The number of nitrogens with zero attached hydrogens (tertiary/aromatic N) is 2. The third-order valence-electron chi connectivity index (χ3n) is 4.15. The van der Waals surface area contributed by atoms with Crippen LogP contribution in [0.2, 0.25) is 5.02 Å². The molecule has 0 saturated carbocycles. The summed E-state index contributed by atoms with van der Waals surface area (Å²) < 4.78 is 0. The van der Waals surface area contributed by atoms with Gasteiger partial charge in [-0.15, -0.1) is 0 Å². The van der Waals surface area contributed by atoms with Gasteiger partial charge < -0.3 is 15.1 Å². The van der Waals surface area contributed by atoms with E-state index in [1.807, 2.05) is 29.2 Å². The number of hydrogen-bond acceptors (Lipinski definition) is 3. The van der Waals surface area contributed by atoms with E-state index in [4.69, 9.17) is 11.6 Å². The van der Waals surface area contributed by atoms with Crippen molar-refractivity contribution in [1.29, 1.82) is 0 Å². The van der Waals surface area contributed by atoms with Gasteiger partial charge >= 0.3 is 0 Å². The molecule has 2 aliphatic heterocycles. The van der Waals surface area contributed by atoms with E-state index in [0.717, 1.165) is 44.3 Å². The highest BCUT2D eigenvalue weighted by molar-refractivity contribution is 6.30. The van der Waals surface area contributed by atoms with Gasteiger partial charge in [0, 0.05) is 43.3 Å². The Hall–Kier alpha value is -1.26. The molecule has 1 aromatic rings. The molecule has 108 valence electrons. The Morgan fingerprint density at radius 1 is 1.15 bits per heavy atom. The number of carbonyl (C=O) groups excluding carboxylic acids is 1. The molecule has 4 nitrogen and oxygen atoms in total. The fourth-order valence-corrected chi connectivity index (χ4v) is 2.86. The van der Waals surface area contributed by atoms with E-state index in [9.17, 15) is 4.79 Å². The number of piperazine rings is 1. The molecule has 5 heteroatoms. The lowest BCUT2D eigenvalue weighted by Gasteiger charge is -2.37. The number of halogens is 1. The highest BCUT2D eigenvalue weighted by Crippen LogP contribution is 2.20. The summed E-state index contributed by atoms with van der Waals surface area (Å²) in [5.74, 6) is 0.865. The van der Waals surface area contributed by atoms with Gasteiger partial charge in [-0.05, 0) is 43.3 Å². The lowest BCUT2D eigenvalue weighted by Crippen LogP contribution is -2.51. The van der Waals surface area contributed by atoms with E-state index >= 15 is 0 Å². The van der Waals surface area contributed by atoms with Crippen molar-refractivity contribution in [3.05, 3.63) is 29.3 Å². The number of anilines is 1. The van der Waals surface area contributed by atoms with Crippen LogP contribution in [0.1, 0.15) is 6.42 Å². The number of hydrogen-bond donors (Lipinski definition) is 1. The largest absolute Gasteiger partial charge is 0.368 e. The van der Waals surface area contributed by atoms with Gasteiger partial charge in [-0.1, -0.05) is 11.6 Å². The van der Waals surface area contributed by atoms with Crippen LogP contribution in [0.4, 0.5) is 5.69 Å². The average molecular weight is 294 g/mol. The van der Waals surface area contributed by atoms with E-state index in [1.165, 1.54) is 5.69 Å². The maximum atomic E-state index is 12.2. The van der Waals surface area contributed by atoms with E-state index in [-0.39, 0.29) is 0 Å². The van der Waals surface area contributed by atoms with Gasteiger partial charge in [-0.25, -0.2) is 0 Å². The number of nitrogens with one attached hydrogen (secondary N) is 1. The fourth-order valence-electron chi connectivity index (χ4n) is 2.73. The zero-order valence-electron chi connectivity index (χ0n) is 11.5. The number of benzene rings is 1. The second-order valence-corrected chi connectivity index (χ2v) is 6.01. The van der Waals surface area contributed by atoms with Crippen molar-refractivity contribution in [2.45, 2.75) is 6.42 Å². The third-order valence-corrected chi connectivity index (χ3v) is 4.41. The zero-order valence-corrected chi connectivity index (χ0v) is 12.3. The SMILES string of the molecule is O=C(CC1CNC1)N1CCN(c2ccc(Cl)cc2)CC1. The second-order valence-electron chi connectivity index (χ2n) is 5.57. The van der Waals surface area contributed by atoms with Gasteiger partial charge in [0.1, 0.15) is 0 Å². The Bertz CT molecular complexity index is 465. The van der Waals surface area contributed by atoms with Crippen LogP contribution in [0.25, 0.3) is 0 Å². The first kappa shape index (κ1) is 13.7. The predicted molar refractivity (Wildman–Crippen MR) is 81.2 cm³/mol. The number of amides is 1. The topological polar surface area (TPSA) is 35.6 Å². The Balaban J connectivity index is 1.51. The van der Waals surface area contributed by atoms with Crippen molar-refractivity contribution in [2.75, 3.05) is 44.2 Å². The summed E-state index contributed by atoms with van der Waals surface area (Å²) in [4.78, 5) is 16.5. The minimum absolute atomic E-state index is 0.312. The Morgan fingerprint density at radius 3 is 2.35 bits per heavy atom. The predicted octanol–water partition coefficient (Wildman–Crippen LogP) is 1.60. The van der Waals surface area contributed by atoms with E-state index in [1.54, 1.807) is 0 Å². The molecular weight excluding hydrogens is 274 g/mol. The van der Waals surface area contributed by atoms with Crippen LogP contribution in [-0.2, 0) is 4.79 Å². The second kappa shape index (κ2) is 6.02. The molecule has 2 heterocycles. The molecule has 0 atom stereocenters. The highest BCUT2D eigenvalue weighted by atomic mass is 35.5. The van der Waals surface area contributed by atoms with Crippen LogP contribution < -0.4 is 10.2 Å². The van der Waals surface area contributed by atoms with Crippen LogP contribution in [0, 0.1) is 5.92 Å². The quantitative estimate of drug-likeness (QED) is 0.919. The summed E-state index contributed by atoms with van der Waals surface area (Å²) >= 11 is 5.91. The summed E-state index contributed by atoms with van der Waals surface area (Å²) in [6.07, 6.45) is 0.702. The average Bonchev–Trinajstić information content (AvgIpc) is 2.44. The van der Waals surface area contributed by atoms with Gasteiger partial charge in [0.05, 0.1) is 0 Å². The zero-order chi connectivity index (χ0) is 13.9. The molecule has 0 aliphatic carbocycles. The lowest BCUT2D eigenvalue weighted by atomic mass is 9.98. The molecule has 1 aromatic carbocycles. The van der Waals surface area contributed by atoms with Crippen molar-refractivity contribution in [2.24, 2.45) is 5.92 Å². The molecule has 2 aliphatic rings. The van der Waals surface area contributed by atoms with Gasteiger partial charge in [0.25, 0.3) is 0 Å². The van der Waals surface area contributed by atoms with Crippen molar-refractivity contribution >= 4 is 23.2 Å². The normalized spacial score (nSPS) is 19.9. The van der Waals surface area contributed by atoms with Gasteiger partial charge in [0.15, 0.2) is 0 Å².